The van der Waals surface area contributed by atoms with Crippen molar-refractivity contribution in [2.45, 2.75) is 24.7 Å². The number of benzene rings is 1. The summed E-state index contributed by atoms with van der Waals surface area (Å²) in [5.41, 5.74) is 0.698. The molecule has 0 radical (unpaired) electrons. The molecule has 84 valence electrons. The van der Waals surface area contributed by atoms with Gasteiger partial charge in [0.1, 0.15) is 11.3 Å². The first kappa shape index (κ1) is 11.3. The molecule has 0 unspecified atom stereocenters. The average Bonchev–Trinajstić information content (AvgIpc) is 2.31. The Labute approximate surface area is 99.7 Å². The fourth-order valence-corrected chi connectivity index (χ4v) is 2.72. The number of hydrogen-bond acceptors (Lipinski definition) is 3. The number of phenolic OH excluding ortho intramolecular Hbond substituents is 1. The average molecular weight is 233 g/mol. The highest BCUT2D eigenvalue weighted by Gasteiger charge is 2.05. The maximum Gasteiger partial charge on any atom is 0.141 e. The van der Waals surface area contributed by atoms with Crippen LogP contribution in [0.1, 0.15) is 19.8 Å². The molecule has 16 heavy (non-hydrogen) atoms. The van der Waals surface area contributed by atoms with E-state index in [-0.39, 0.29) is 5.75 Å². The Morgan fingerprint density at radius 1 is 1.31 bits per heavy atom. The smallest absolute Gasteiger partial charge is 0.141 e. The van der Waals surface area contributed by atoms with Gasteiger partial charge in [0, 0.05) is 16.5 Å². The summed E-state index contributed by atoms with van der Waals surface area (Å²) < 4.78 is 0. The predicted molar refractivity (Wildman–Crippen MR) is 69.0 cm³/mol. The van der Waals surface area contributed by atoms with Crippen molar-refractivity contribution in [3.8, 4) is 5.75 Å². The number of unbranched alkanes of at least 4 members (excludes halogenated alkanes) is 1. The normalized spacial score (nSPS) is 10.8. The van der Waals surface area contributed by atoms with Gasteiger partial charge >= 0.3 is 0 Å². The van der Waals surface area contributed by atoms with Gasteiger partial charge < -0.3 is 5.11 Å². The Kier molecular flexibility index (Phi) is 3.67. The van der Waals surface area contributed by atoms with E-state index in [0.717, 1.165) is 11.1 Å². The van der Waals surface area contributed by atoms with Crippen molar-refractivity contribution in [2.24, 2.45) is 0 Å². The summed E-state index contributed by atoms with van der Waals surface area (Å²) in [5, 5.41) is 10.7. The van der Waals surface area contributed by atoms with Crippen molar-refractivity contribution in [3.63, 3.8) is 0 Å². The summed E-state index contributed by atoms with van der Waals surface area (Å²) in [7, 11) is 0. The zero-order chi connectivity index (χ0) is 11.4. The standard InChI is InChI=1S/C13H15NOS/c1-2-3-9-16-12-7-8-14-13-10(12)5-4-6-11(13)15/h4-8,15H,2-3,9H2,1H3. The van der Waals surface area contributed by atoms with Gasteiger partial charge in [-0.3, -0.25) is 4.98 Å². The molecule has 0 aliphatic rings. The zero-order valence-corrected chi connectivity index (χ0v) is 10.1. The number of aromatic nitrogens is 1. The molecule has 0 spiro atoms. The third kappa shape index (κ3) is 2.30. The number of rotatable bonds is 4. The van der Waals surface area contributed by atoms with Gasteiger partial charge in [0.15, 0.2) is 0 Å². The Balaban J connectivity index is 2.34. The van der Waals surface area contributed by atoms with Crippen LogP contribution in [0.5, 0.6) is 5.75 Å². The molecule has 0 fully saturated rings. The highest BCUT2D eigenvalue weighted by Crippen LogP contribution is 2.31. The molecule has 1 aromatic heterocycles. The molecule has 1 N–H and O–H groups in total. The van der Waals surface area contributed by atoms with E-state index in [4.69, 9.17) is 0 Å². The lowest BCUT2D eigenvalue weighted by Crippen LogP contribution is -1.84. The molecule has 2 nitrogen and oxygen atoms in total. The minimum absolute atomic E-state index is 0.260. The Hall–Kier alpha value is -1.22. The van der Waals surface area contributed by atoms with Gasteiger partial charge in [-0.1, -0.05) is 25.5 Å². The quantitative estimate of drug-likeness (QED) is 0.643. The van der Waals surface area contributed by atoms with Gasteiger partial charge in [-0.25, -0.2) is 0 Å². The molecule has 0 saturated carbocycles. The molecule has 0 atom stereocenters. The fourth-order valence-electron chi connectivity index (χ4n) is 1.59. The van der Waals surface area contributed by atoms with E-state index in [1.165, 1.54) is 17.7 Å². The Bertz CT molecular complexity index is 484. The summed E-state index contributed by atoms with van der Waals surface area (Å²) in [4.78, 5) is 5.41. The van der Waals surface area contributed by atoms with E-state index >= 15 is 0 Å². The van der Waals surface area contributed by atoms with Gasteiger partial charge in [0.2, 0.25) is 0 Å². The molecule has 0 saturated heterocycles. The SMILES string of the molecule is CCCCSc1ccnc2c(O)cccc12. The van der Waals surface area contributed by atoms with E-state index in [1.807, 2.05) is 30.0 Å². The second kappa shape index (κ2) is 5.21. The lowest BCUT2D eigenvalue weighted by atomic mass is 10.2. The third-order valence-electron chi connectivity index (χ3n) is 2.47. The van der Waals surface area contributed by atoms with Gasteiger partial charge in [-0.15, -0.1) is 11.8 Å². The monoisotopic (exact) mass is 233 g/mol. The maximum atomic E-state index is 9.70. The highest BCUT2D eigenvalue weighted by atomic mass is 32.2. The molecular weight excluding hydrogens is 218 g/mol. The summed E-state index contributed by atoms with van der Waals surface area (Å²) in [5.74, 6) is 1.38. The zero-order valence-electron chi connectivity index (χ0n) is 9.31. The molecule has 0 aliphatic heterocycles. The molecule has 2 rings (SSSR count). The first-order chi connectivity index (χ1) is 7.83. The summed E-state index contributed by atoms with van der Waals surface area (Å²) in [6.45, 7) is 2.19. The van der Waals surface area contributed by atoms with Crippen LogP contribution in [0, 0.1) is 0 Å². The van der Waals surface area contributed by atoms with E-state index in [0.29, 0.717) is 5.52 Å². The number of nitrogens with zero attached hydrogens (tertiary/aromatic N) is 1. The second-order valence-corrected chi connectivity index (χ2v) is 4.82. The van der Waals surface area contributed by atoms with Crippen molar-refractivity contribution >= 4 is 22.7 Å². The van der Waals surface area contributed by atoms with Crippen molar-refractivity contribution in [1.29, 1.82) is 0 Å². The first-order valence-electron chi connectivity index (χ1n) is 5.52. The van der Waals surface area contributed by atoms with Crippen LogP contribution >= 0.6 is 11.8 Å². The number of thioether (sulfide) groups is 1. The van der Waals surface area contributed by atoms with Crippen molar-refractivity contribution < 1.29 is 5.11 Å². The maximum absolute atomic E-state index is 9.70. The molecule has 0 amide bonds. The minimum Gasteiger partial charge on any atom is -0.506 e. The van der Waals surface area contributed by atoms with Crippen LogP contribution < -0.4 is 0 Å². The van der Waals surface area contributed by atoms with Crippen LogP contribution in [0.25, 0.3) is 10.9 Å². The molecule has 1 heterocycles. The van der Waals surface area contributed by atoms with Gasteiger partial charge in [0.25, 0.3) is 0 Å². The van der Waals surface area contributed by atoms with Gasteiger partial charge in [-0.05, 0) is 24.3 Å². The number of aromatic hydroxyl groups is 1. The van der Waals surface area contributed by atoms with Crippen molar-refractivity contribution in [2.75, 3.05) is 5.75 Å². The Morgan fingerprint density at radius 3 is 3.00 bits per heavy atom. The van der Waals surface area contributed by atoms with E-state index in [2.05, 4.69) is 11.9 Å². The van der Waals surface area contributed by atoms with Gasteiger partial charge in [-0.2, -0.15) is 0 Å². The molecule has 1 aromatic carbocycles. The van der Waals surface area contributed by atoms with Crippen LogP contribution in [0.15, 0.2) is 35.4 Å². The minimum atomic E-state index is 0.260. The first-order valence-corrected chi connectivity index (χ1v) is 6.51. The van der Waals surface area contributed by atoms with Crippen LogP contribution in [0.2, 0.25) is 0 Å². The van der Waals surface area contributed by atoms with E-state index in [1.54, 1.807) is 12.3 Å². The van der Waals surface area contributed by atoms with Crippen LogP contribution in [-0.2, 0) is 0 Å². The molecular formula is C13H15NOS. The number of fused-ring (bicyclic) bond motifs is 1. The predicted octanol–water partition coefficient (Wildman–Crippen LogP) is 3.83. The number of pyridine rings is 1. The lowest BCUT2D eigenvalue weighted by Gasteiger charge is -2.06. The summed E-state index contributed by atoms with van der Waals surface area (Å²) >= 11 is 1.83. The summed E-state index contributed by atoms with van der Waals surface area (Å²) in [6.07, 6.45) is 4.19. The Morgan fingerprint density at radius 2 is 2.19 bits per heavy atom. The van der Waals surface area contributed by atoms with Crippen LogP contribution in [-0.4, -0.2) is 15.8 Å². The third-order valence-corrected chi connectivity index (χ3v) is 3.62. The van der Waals surface area contributed by atoms with Crippen molar-refractivity contribution in [1.82, 2.24) is 4.98 Å². The second-order valence-electron chi connectivity index (χ2n) is 3.68. The van der Waals surface area contributed by atoms with E-state index in [9.17, 15) is 5.11 Å². The topological polar surface area (TPSA) is 33.1 Å². The molecule has 2 aromatic rings. The number of hydrogen-bond donors (Lipinski definition) is 1. The van der Waals surface area contributed by atoms with Crippen molar-refractivity contribution in [3.05, 3.63) is 30.5 Å². The molecule has 0 aliphatic carbocycles. The van der Waals surface area contributed by atoms with E-state index < -0.39 is 0 Å². The van der Waals surface area contributed by atoms with Crippen LogP contribution in [0.4, 0.5) is 0 Å². The number of para-hydroxylation sites is 1. The van der Waals surface area contributed by atoms with Crippen LogP contribution in [0.3, 0.4) is 0 Å². The number of phenols is 1. The largest absolute Gasteiger partial charge is 0.506 e. The highest BCUT2D eigenvalue weighted by molar-refractivity contribution is 7.99. The fraction of sp³-hybridized carbons (Fsp3) is 0.308. The van der Waals surface area contributed by atoms with Gasteiger partial charge in [0.05, 0.1) is 0 Å². The lowest BCUT2D eigenvalue weighted by molar-refractivity contribution is 0.480. The molecule has 3 heteroatoms. The molecule has 0 bridgehead atoms. The summed E-state index contributed by atoms with van der Waals surface area (Å²) in [6, 6.07) is 7.57.